The van der Waals surface area contributed by atoms with E-state index in [1.807, 2.05) is 31.3 Å². The average molecular weight is 393 g/mol. The number of nitro groups is 1. The number of nitro benzene ring substituents is 1. The zero-order chi connectivity index (χ0) is 20.4. The Morgan fingerprint density at radius 3 is 2.17 bits per heavy atom. The van der Waals surface area contributed by atoms with Crippen LogP contribution in [0, 0.1) is 17.0 Å². The Labute approximate surface area is 166 Å². The zero-order valence-corrected chi connectivity index (χ0v) is 15.8. The number of amides is 1. The fourth-order valence-corrected chi connectivity index (χ4v) is 3.20. The van der Waals surface area contributed by atoms with Crippen LogP contribution in [0.5, 0.6) is 0 Å². The van der Waals surface area contributed by atoms with Gasteiger partial charge in [-0.15, -0.1) is 10.2 Å². The molecular weight excluding hydrogens is 374 g/mol. The van der Waals surface area contributed by atoms with Crippen molar-refractivity contribution in [1.82, 2.24) is 24.9 Å². The molecule has 1 aromatic carbocycles. The van der Waals surface area contributed by atoms with E-state index in [2.05, 4.69) is 20.2 Å². The number of nitrogens with zero attached hydrogens (tertiary/aromatic N) is 7. The maximum Gasteiger partial charge on any atom is 0.269 e. The molecule has 0 saturated carbocycles. The van der Waals surface area contributed by atoms with E-state index in [4.69, 9.17) is 0 Å². The van der Waals surface area contributed by atoms with Crippen molar-refractivity contribution in [2.45, 2.75) is 6.92 Å². The third-order valence-corrected chi connectivity index (χ3v) is 4.81. The van der Waals surface area contributed by atoms with Gasteiger partial charge < -0.3 is 9.80 Å². The van der Waals surface area contributed by atoms with Crippen molar-refractivity contribution in [2.24, 2.45) is 0 Å². The highest BCUT2D eigenvalue weighted by Crippen LogP contribution is 2.17. The quantitative estimate of drug-likeness (QED) is 0.491. The maximum atomic E-state index is 12.6. The Bertz CT molecular complexity index is 1020. The summed E-state index contributed by atoms with van der Waals surface area (Å²) in [6.45, 7) is 4.26. The summed E-state index contributed by atoms with van der Waals surface area (Å²) >= 11 is 0. The normalized spacial score (nSPS) is 14.1. The van der Waals surface area contributed by atoms with Gasteiger partial charge in [0.1, 0.15) is 0 Å². The number of aryl methyl sites for hydroxylation is 1. The van der Waals surface area contributed by atoms with Gasteiger partial charge >= 0.3 is 0 Å². The lowest BCUT2D eigenvalue weighted by Crippen LogP contribution is -2.49. The molecule has 0 spiro atoms. The molecule has 3 heterocycles. The van der Waals surface area contributed by atoms with Crippen LogP contribution in [0.25, 0.3) is 5.82 Å². The predicted molar refractivity (Wildman–Crippen MR) is 105 cm³/mol. The molecule has 2 aromatic heterocycles. The van der Waals surface area contributed by atoms with Gasteiger partial charge in [0.15, 0.2) is 11.6 Å². The van der Waals surface area contributed by atoms with Crippen molar-refractivity contribution in [1.29, 1.82) is 0 Å². The van der Waals surface area contributed by atoms with Gasteiger partial charge in [0.2, 0.25) is 0 Å². The number of rotatable bonds is 4. The maximum absolute atomic E-state index is 12.6. The molecule has 148 valence electrons. The van der Waals surface area contributed by atoms with E-state index in [1.165, 1.54) is 24.3 Å². The first kappa shape index (κ1) is 18.5. The van der Waals surface area contributed by atoms with Crippen molar-refractivity contribution < 1.29 is 9.72 Å². The van der Waals surface area contributed by atoms with E-state index >= 15 is 0 Å². The molecule has 3 aromatic rings. The first-order valence-corrected chi connectivity index (χ1v) is 9.16. The standard InChI is InChI=1S/C19H19N7O3/c1-14-8-9-25(22-14)18-7-6-17(20-21-18)23-10-12-24(13-11-23)19(27)15-2-4-16(5-3-15)26(28)29/h2-9H,10-13H2,1H3. The number of aromatic nitrogens is 4. The summed E-state index contributed by atoms with van der Waals surface area (Å²) in [5.74, 6) is 1.27. The third kappa shape index (κ3) is 3.91. The fraction of sp³-hybridized carbons (Fsp3) is 0.263. The van der Waals surface area contributed by atoms with Crippen LogP contribution in [0.4, 0.5) is 11.5 Å². The summed E-state index contributed by atoms with van der Waals surface area (Å²) in [5.41, 5.74) is 1.33. The van der Waals surface area contributed by atoms with Crippen LogP contribution in [0.2, 0.25) is 0 Å². The van der Waals surface area contributed by atoms with Gasteiger partial charge in [0.05, 0.1) is 10.6 Å². The number of anilines is 1. The van der Waals surface area contributed by atoms with Gasteiger partial charge in [-0.05, 0) is 37.3 Å². The number of piperazine rings is 1. The third-order valence-electron chi connectivity index (χ3n) is 4.81. The van der Waals surface area contributed by atoms with E-state index in [-0.39, 0.29) is 11.6 Å². The van der Waals surface area contributed by atoms with Gasteiger partial charge in [0.25, 0.3) is 11.6 Å². The minimum absolute atomic E-state index is 0.0290. The molecule has 0 aliphatic carbocycles. The van der Waals surface area contributed by atoms with Crippen molar-refractivity contribution in [3.05, 3.63) is 70.0 Å². The van der Waals surface area contributed by atoms with Crippen LogP contribution in [0.15, 0.2) is 48.7 Å². The Hall–Kier alpha value is -3.82. The molecule has 0 atom stereocenters. The van der Waals surface area contributed by atoms with Crippen molar-refractivity contribution in [2.75, 3.05) is 31.1 Å². The molecule has 1 fully saturated rings. The Morgan fingerprint density at radius 1 is 0.966 bits per heavy atom. The lowest BCUT2D eigenvalue weighted by molar-refractivity contribution is -0.384. The van der Waals surface area contributed by atoms with Crippen molar-refractivity contribution in [3.8, 4) is 5.82 Å². The number of hydrogen-bond acceptors (Lipinski definition) is 7. The number of carbonyl (C=O) groups is 1. The number of carbonyl (C=O) groups excluding carboxylic acids is 1. The largest absolute Gasteiger partial charge is 0.352 e. The highest BCUT2D eigenvalue weighted by molar-refractivity contribution is 5.94. The molecule has 0 N–H and O–H groups in total. The summed E-state index contributed by atoms with van der Waals surface area (Å²) in [7, 11) is 0. The molecule has 1 aliphatic heterocycles. The molecular formula is C19H19N7O3. The molecule has 1 amide bonds. The average Bonchev–Trinajstić information content (AvgIpc) is 3.20. The van der Waals surface area contributed by atoms with Crippen molar-refractivity contribution >= 4 is 17.4 Å². The minimum Gasteiger partial charge on any atom is -0.352 e. The molecule has 29 heavy (non-hydrogen) atoms. The summed E-state index contributed by atoms with van der Waals surface area (Å²) in [4.78, 5) is 26.7. The smallest absolute Gasteiger partial charge is 0.269 e. The molecule has 1 aliphatic rings. The van der Waals surface area contributed by atoms with Crippen LogP contribution in [0.1, 0.15) is 16.1 Å². The van der Waals surface area contributed by atoms with Crippen LogP contribution in [-0.4, -0.2) is 61.9 Å². The van der Waals surface area contributed by atoms with Crippen LogP contribution >= 0.6 is 0 Å². The Kier molecular flexibility index (Phi) is 4.90. The van der Waals surface area contributed by atoms with Gasteiger partial charge in [0, 0.05) is 50.1 Å². The van der Waals surface area contributed by atoms with Gasteiger partial charge in [-0.2, -0.15) is 5.10 Å². The van der Waals surface area contributed by atoms with Crippen LogP contribution < -0.4 is 4.90 Å². The molecule has 0 bridgehead atoms. The van der Waals surface area contributed by atoms with Gasteiger partial charge in [-0.25, -0.2) is 4.68 Å². The molecule has 1 saturated heterocycles. The SMILES string of the molecule is Cc1ccn(-c2ccc(N3CCN(C(=O)c4ccc([N+](=O)[O-])cc4)CC3)nn2)n1. The van der Waals surface area contributed by atoms with E-state index in [0.29, 0.717) is 37.6 Å². The second-order valence-electron chi connectivity index (χ2n) is 6.73. The second kappa shape index (κ2) is 7.66. The number of non-ortho nitro benzene ring substituents is 1. The van der Waals surface area contributed by atoms with E-state index in [0.717, 1.165) is 11.5 Å². The summed E-state index contributed by atoms with van der Waals surface area (Å²) in [6.07, 6.45) is 1.83. The Morgan fingerprint density at radius 2 is 1.62 bits per heavy atom. The fourth-order valence-electron chi connectivity index (χ4n) is 3.20. The number of benzene rings is 1. The number of hydrogen-bond donors (Lipinski definition) is 0. The first-order chi connectivity index (χ1) is 14.0. The molecule has 10 nitrogen and oxygen atoms in total. The second-order valence-corrected chi connectivity index (χ2v) is 6.73. The van der Waals surface area contributed by atoms with E-state index in [9.17, 15) is 14.9 Å². The zero-order valence-electron chi connectivity index (χ0n) is 15.8. The molecule has 0 unspecified atom stereocenters. The highest BCUT2D eigenvalue weighted by atomic mass is 16.6. The van der Waals surface area contributed by atoms with Crippen LogP contribution in [-0.2, 0) is 0 Å². The predicted octanol–water partition coefficient (Wildman–Crippen LogP) is 1.84. The van der Waals surface area contributed by atoms with Gasteiger partial charge in [-0.3, -0.25) is 14.9 Å². The monoisotopic (exact) mass is 393 g/mol. The summed E-state index contributed by atoms with van der Waals surface area (Å²) in [6, 6.07) is 11.3. The highest BCUT2D eigenvalue weighted by Gasteiger charge is 2.23. The van der Waals surface area contributed by atoms with E-state index < -0.39 is 4.92 Å². The molecule has 0 radical (unpaired) electrons. The summed E-state index contributed by atoms with van der Waals surface area (Å²) < 4.78 is 1.67. The lowest BCUT2D eigenvalue weighted by Gasteiger charge is -2.35. The minimum atomic E-state index is -0.479. The van der Waals surface area contributed by atoms with Gasteiger partial charge in [-0.1, -0.05) is 0 Å². The summed E-state index contributed by atoms with van der Waals surface area (Å²) in [5, 5.41) is 23.6. The molecule has 10 heteroatoms. The van der Waals surface area contributed by atoms with E-state index in [1.54, 1.807) is 9.58 Å². The topological polar surface area (TPSA) is 110 Å². The lowest BCUT2D eigenvalue weighted by atomic mass is 10.1. The van der Waals surface area contributed by atoms with Crippen molar-refractivity contribution in [3.63, 3.8) is 0 Å². The van der Waals surface area contributed by atoms with Crippen LogP contribution in [0.3, 0.4) is 0 Å². The Balaban J connectivity index is 1.37. The first-order valence-electron chi connectivity index (χ1n) is 9.16. The molecule has 4 rings (SSSR count).